The fourth-order valence-electron chi connectivity index (χ4n) is 1.54. The number of benzene rings is 1. The molecular weight excluding hydrogens is 202 g/mol. The highest BCUT2D eigenvalue weighted by molar-refractivity contribution is 5.34. The molecular formula is C12H15N3O. The molecule has 0 spiro atoms. The highest BCUT2D eigenvalue weighted by Gasteiger charge is 1.97. The molecule has 0 saturated heterocycles. The second kappa shape index (κ2) is 5.44. The molecule has 2 rings (SSSR count). The van der Waals surface area contributed by atoms with Crippen LogP contribution < -0.4 is 5.32 Å². The molecule has 1 heterocycles. The van der Waals surface area contributed by atoms with E-state index >= 15 is 0 Å². The minimum absolute atomic E-state index is 0.166. The summed E-state index contributed by atoms with van der Waals surface area (Å²) >= 11 is 0. The quantitative estimate of drug-likeness (QED) is 0.733. The normalized spacial score (nSPS) is 10.6. The molecule has 2 aromatic rings. The lowest BCUT2D eigenvalue weighted by atomic mass is 10.2. The zero-order valence-electron chi connectivity index (χ0n) is 9.00. The van der Waals surface area contributed by atoms with Crippen LogP contribution in [-0.4, -0.2) is 28.0 Å². The molecule has 4 heteroatoms. The van der Waals surface area contributed by atoms with Crippen molar-refractivity contribution in [2.75, 3.05) is 13.2 Å². The largest absolute Gasteiger partial charge is 0.395 e. The molecule has 2 N–H and O–H groups in total. The van der Waals surface area contributed by atoms with E-state index in [0.717, 1.165) is 12.2 Å². The van der Waals surface area contributed by atoms with E-state index in [2.05, 4.69) is 22.5 Å². The van der Waals surface area contributed by atoms with E-state index in [0.29, 0.717) is 6.54 Å². The fraction of sp³-hybridized carbons (Fsp3) is 0.250. The Morgan fingerprint density at radius 1 is 1.31 bits per heavy atom. The van der Waals surface area contributed by atoms with Crippen molar-refractivity contribution in [2.45, 2.75) is 6.54 Å². The van der Waals surface area contributed by atoms with Crippen molar-refractivity contribution in [3.63, 3.8) is 0 Å². The van der Waals surface area contributed by atoms with Crippen LogP contribution in [0.4, 0.5) is 0 Å². The molecule has 1 aromatic heterocycles. The molecule has 0 bridgehead atoms. The Labute approximate surface area is 94.5 Å². The first kappa shape index (κ1) is 10.9. The number of aliphatic hydroxyl groups is 1. The summed E-state index contributed by atoms with van der Waals surface area (Å²) in [6.07, 6.45) is 3.68. The van der Waals surface area contributed by atoms with Gasteiger partial charge in [-0.3, -0.25) is 0 Å². The summed E-state index contributed by atoms with van der Waals surface area (Å²) in [6.45, 7) is 1.54. The molecule has 0 aliphatic heterocycles. The Bertz CT molecular complexity index is 426. The summed E-state index contributed by atoms with van der Waals surface area (Å²) in [6, 6.07) is 10.1. The van der Waals surface area contributed by atoms with Crippen LogP contribution in [0.25, 0.3) is 5.69 Å². The fourth-order valence-corrected chi connectivity index (χ4v) is 1.54. The summed E-state index contributed by atoms with van der Waals surface area (Å²) in [5.74, 6) is 0. The Morgan fingerprint density at radius 2 is 2.25 bits per heavy atom. The van der Waals surface area contributed by atoms with E-state index in [1.807, 2.05) is 29.1 Å². The van der Waals surface area contributed by atoms with Crippen LogP contribution in [0.2, 0.25) is 0 Å². The average molecular weight is 217 g/mol. The van der Waals surface area contributed by atoms with Crippen molar-refractivity contribution in [3.8, 4) is 5.69 Å². The molecule has 0 amide bonds. The van der Waals surface area contributed by atoms with Gasteiger partial charge >= 0.3 is 0 Å². The van der Waals surface area contributed by atoms with E-state index < -0.39 is 0 Å². The van der Waals surface area contributed by atoms with Gasteiger partial charge in [-0.1, -0.05) is 12.1 Å². The number of nitrogens with zero attached hydrogens (tertiary/aromatic N) is 2. The first-order valence-corrected chi connectivity index (χ1v) is 5.30. The van der Waals surface area contributed by atoms with E-state index in [9.17, 15) is 0 Å². The maximum atomic E-state index is 8.67. The maximum Gasteiger partial charge on any atom is 0.0648 e. The third kappa shape index (κ3) is 2.68. The Hall–Kier alpha value is -1.65. The molecule has 0 fully saturated rings. The van der Waals surface area contributed by atoms with Crippen molar-refractivity contribution in [1.29, 1.82) is 0 Å². The molecule has 0 aliphatic rings. The molecule has 4 nitrogen and oxygen atoms in total. The number of rotatable bonds is 5. The van der Waals surface area contributed by atoms with Crippen LogP contribution in [0.5, 0.6) is 0 Å². The van der Waals surface area contributed by atoms with E-state index in [4.69, 9.17) is 5.11 Å². The van der Waals surface area contributed by atoms with Crippen molar-refractivity contribution >= 4 is 0 Å². The monoisotopic (exact) mass is 217 g/mol. The smallest absolute Gasteiger partial charge is 0.0648 e. The van der Waals surface area contributed by atoms with E-state index in [1.165, 1.54) is 5.56 Å². The molecule has 1 aromatic carbocycles. The van der Waals surface area contributed by atoms with Crippen LogP contribution in [0.15, 0.2) is 42.7 Å². The minimum Gasteiger partial charge on any atom is -0.395 e. The van der Waals surface area contributed by atoms with Gasteiger partial charge in [0.25, 0.3) is 0 Å². The first-order chi connectivity index (χ1) is 7.90. The highest BCUT2D eigenvalue weighted by atomic mass is 16.3. The standard InChI is InChI=1S/C12H15N3O/c16-8-6-13-10-11-3-1-4-12(9-11)15-7-2-5-14-15/h1-5,7,9,13,16H,6,8,10H2. The topological polar surface area (TPSA) is 50.1 Å². The second-order valence-electron chi connectivity index (χ2n) is 3.52. The lowest BCUT2D eigenvalue weighted by Gasteiger charge is -2.06. The lowest BCUT2D eigenvalue weighted by Crippen LogP contribution is -2.17. The zero-order chi connectivity index (χ0) is 11.2. The van der Waals surface area contributed by atoms with Crippen LogP contribution in [0, 0.1) is 0 Å². The van der Waals surface area contributed by atoms with Crippen LogP contribution >= 0.6 is 0 Å². The van der Waals surface area contributed by atoms with Crippen LogP contribution in [-0.2, 0) is 6.54 Å². The summed E-state index contributed by atoms with van der Waals surface area (Å²) in [4.78, 5) is 0. The maximum absolute atomic E-state index is 8.67. The summed E-state index contributed by atoms with van der Waals surface area (Å²) in [5.41, 5.74) is 2.23. The van der Waals surface area contributed by atoms with Gasteiger partial charge in [0.2, 0.25) is 0 Å². The molecule has 0 unspecified atom stereocenters. The van der Waals surface area contributed by atoms with Gasteiger partial charge in [0, 0.05) is 25.5 Å². The van der Waals surface area contributed by atoms with Gasteiger partial charge in [0.15, 0.2) is 0 Å². The van der Waals surface area contributed by atoms with Crippen molar-refractivity contribution in [1.82, 2.24) is 15.1 Å². The Morgan fingerprint density at radius 3 is 3.00 bits per heavy atom. The highest BCUT2D eigenvalue weighted by Crippen LogP contribution is 2.09. The average Bonchev–Trinajstić information content (AvgIpc) is 2.83. The van der Waals surface area contributed by atoms with Crippen molar-refractivity contribution in [2.24, 2.45) is 0 Å². The number of aliphatic hydroxyl groups excluding tert-OH is 1. The van der Waals surface area contributed by atoms with Gasteiger partial charge in [0.05, 0.1) is 12.3 Å². The van der Waals surface area contributed by atoms with Gasteiger partial charge in [-0.2, -0.15) is 5.10 Å². The molecule has 0 aliphatic carbocycles. The number of hydrogen-bond acceptors (Lipinski definition) is 3. The Balaban J connectivity index is 2.08. The molecule has 0 radical (unpaired) electrons. The summed E-state index contributed by atoms with van der Waals surface area (Å²) in [5, 5.41) is 16.0. The van der Waals surface area contributed by atoms with Crippen molar-refractivity contribution in [3.05, 3.63) is 48.3 Å². The molecule has 16 heavy (non-hydrogen) atoms. The molecule has 0 atom stereocenters. The predicted molar refractivity (Wildman–Crippen MR) is 62.4 cm³/mol. The molecule has 0 saturated carbocycles. The van der Waals surface area contributed by atoms with Crippen molar-refractivity contribution < 1.29 is 5.11 Å². The van der Waals surface area contributed by atoms with Gasteiger partial charge in [-0.05, 0) is 23.8 Å². The zero-order valence-corrected chi connectivity index (χ0v) is 9.00. The second-order valence-corrected chi connectivity index (χ2v) is 3.52. The van der Waals surface area contributed by atoms with Gasteiger partial charge in [0.1, 0.15) is 0 Å². The van der Waals surface area contributed by atoms with Gasteiger partial charge in [-0.15, -0.1) is 0 Å². The van der Waals surface area contributed by atoms with Crippen LogP contribution in [0.1, 0.15) is 5.56 Å². The van der Waals surface area contributed by atoms with Crippen LogP contribution in [0.3, 0.4) is 0 Å². The number of hydrogen-bond donors (Lipinski definition) is 2. The van der Waals surface area contributed by atoms with E-state index in [-0.39, 0.29) is 6.61 Å². The van der Waals surface area contributed by atoms with Gasteiger partial charge < -0.3 is 10.4 Å². The van der Waals surface area contributed by atoms with Gasteiger partial charge in [-0.25, -0.2) is 4.68 Å². The first-order valence-electron chi connectivity index (χ1n) is 5.30. The SMILES string of the molecule is OCCNCc1cccc(-n2cccn2)c1. The summed E-state index contributed by atoms with van der Waals surface area (Å²) in [7, 11) is 0. The number of nitrogens with one attached hydrogen (secondary N) is 1. The lowest BCUT2D eigenvalue weighted by molar-refractivity contribution is 0.292. The third-order valence-electron chi connectivity index (χ3n) is 2.30. The minimum atomic E-state index is 0.166. The predicted octanol–water partition coefficient (Wildman–Crippen LogP) is 0.954. The third-order valence-corrected chi connectivity index (χ3v) is 2.30. The van der Waals surface area contributed by atoms with E-state index in [1.54, 1.807) is 6.20 Å². The summed E-state index contributed by atoms with van der Waals surface area (Å²) < 4.78 is 1.83. The molecule has 84 valence electrons. The number of aromatic nitrogens is 2. The Kier molecular flexibility index (Phi) is 3.69.